The van der Waals surface area contributed by atoms with Crippen molar-refractivity contribution in [3.05, 3.63) is 34.4 Å². The van der Waals surface area contributed by atoms with Crippen molar-refractivity contribution in [1.82, 2.24) is 0 Å². The summed E-state index contributed by atoms with van der Waals surface area (Å²) < 4.78 is 22.2. The minimum Gasteiger partial charge on any atom is -0.463 e. The summed E-state index contributed by atoms with van der Waals surface area (Å²) in [5.74, 6) is -0.718. The molecular formula is C14H17NO9. The number of hydrogen-bond donors (Lipinski definition) is 3. The molecule has 3 N–H and O–H groups in total. The number of non-ortho nitro benzene ring substituents is 1. The molecule has 132 valence electrons. The Labute approximate surface area is 137 Å². The molecule has 24 heavy (non-hydrogen) atoms. The van der Waals surface area contributed by atoms with Crippen molar-refractivity contribution in [3.8, 4) is 5.75 Å². The van der Waals surface area contributed by atoms with Gasteiger partial charge in [0.2, 0.25) is 6.29 Å². The minimum atomic E-state index is -1.63. The summed E-state index contributed by atoms with van der Waals surface area (Å²) in [5.41, 5.74) is -0.159. The van der Waals surface area contributed by atoms with E-state index in [-0.39, 0.29) is 11.4 Å². The first-order valence-electron chi connectivity index (χ1n) is 7.60. The third kappa shape index (κ3) is 4.17. The van der Waals surface area contributed by atoms with Crippen molar-refractivity contribution >= 4 is 11.7 Å². The van der Waals surface area contributed by atoms with E-state index >= 15 is 0 Å². The molecule has 0 spiro atoms. The molecule has 1 aromatic rings. The Hall–Kier alpha value is -2.27. The maximum absolute atomic E-state index is 11.0. The predicted octanol–water partition coefficient (Wildman–Crippen LogP) is -0.656. The van der Waals surface area contributed by atoms with E-state index in [9.17, 15) is 30.2 Å². The summed E-state index contributed by atoms with van der Waals surface area (Å²) in [7, 11) is 0. The molecule has 1 aromatic carbocycles. The van der Waals surface area contributed by atoms with Crippen molar-refractivity contribution in [3.63, 3.8) is 0 Å². The molecule has 1 aliphatic rings. The number of nitro groups is 1. The topological polar surface area (TPSA) is 149 Å². The van der Waals surface area contributed by atoms with Crippen molar-refractivity contribution in [2.24, 2.45) is 0 Å². The van der Waals surface area contributed by atoms with Crippen LogP contribution in [0.1, 0.15) is 8.27 Å². The summed E-state index contributed by atoms with van der Waals surface area (Å²) >= 11 is 0. The number of benzene rings is 1. The van der Waals surface area contributed by atoms with Crippen LogP contribution in [-0.2, 0) is 14.3 Å². The quantitative estimate of drug-likeness (QED) is 0.359. The van der Waals surface area contributed by atoms with Gasteiger partial charge in [-0.15, -0.1) is 0 Å². The van der Waals surface area contributed by atoms with Crippen LogP contribution >= 0.6 is 0 Å². The third-order valence-corrected chi connectivity index (χ3v) is 3.38. The van der Waals surface area contributed by atoms with Crippen molar-refractivity contribution < 1.29 is 40.6 Å². The zero-order valence-corrected chi connectivity index (χ0v) is 12.3. The molecule has 1 fully saturated rings. The van der Waals surface area contributed by atoms with Crippen molar-refractivity contribution in [1.29, 1.82) is 0 Å². The van der Waals surface area contributed by atoms with Gasteiger partial charge in [-0.2, -0.15) is 0 Å². The fourth-order valence-electron chi connectivity index (χ4n) is 2.11. The van der Waals surface area contributed by atoms with Gasteiger partial charge in [0.05, 0.1) is 4.92 Å². The first-order chi connectivity index (χ1) is 11.8. The van der Waals surface area contributed by atoms with Crippen LogP contribution in [0, 0.1) is 10.1 Å². The van der Waals surface area contributed by atoms with Crippen LogP contribution in [-0.4, -0.2) is 63.5 Å². The third-order valence-electron chi connectivity index (χ3n) is 3.38. The molecular weight excluding hydrogens is 326 g/mol. The Bertz CT molecular complexity index is 611. The van der Waals surface area contributed by atoms with Crippen LogP contribution in [0.4, 0.5) is 5.69 Å². The number of rotatable bonds is 5. The summed E-state index contributed by atoms with van der Waals surface area (Å²) in [6.07, 6.45) is -7.36. The Morgan fingerprint density at radius 3 is 2.54 bits per heavy atom. The average molecular weight is 344 g/mol. The fraction of sp³-hybridized carbons (Fsp3) is 0.500. The molecule has 0 amide bonds. The molecule has 0 aromatic heterocycles. The average Bonchev–Trinajstić information content (AvgIpc) is 2.61. The second-order valence-corrected chi connectivity index (χ2v) is 5.07. The lowest BCUT2D eigenvalue weighted by atomic mass is 9.99. The lowest BCUT2D eigenvalue weighted by Gasteiger charge is -2.39. The number of nitro benzene ring substituents is 1. The van der Waals surface area contributed by atoms with Crippen LogP contribution in [0.3, 0.4) is 0 Å². The summed E-state index contributed by atoms with van der Waals surface area (Å²) in [4.78, 5) is 21.0. The second-order valence-electron chi connectivity index (χ2n) is 5.07. The van der Waals surface area contributed by atoms with Gasteiger partial charge in [0.25, 0.3) is 5.69 Å². The zero-order chi connectivity index (χ0) is 18.6. The molecule has 1 aliphatic heterocycles. The Morgan fingerprint density at radius 2 is 1.96 bits per heavy atom. The first-order valence-corrected chi connectivity index (χ1v) is 6.89. The van der Waals surface area contributed by atoms with Gasteiger partial charge in [0, 0.05) is 20.4 Å². The van der Waals surface area contributed by atoms with Crippen LogP contribution in [0.25, 0.3) is 0 Å². The molecule has 1 saturated heterocycles. The summed E-state index contributed by atoms with van der Waals surface area (Å²) in [6, 6.07) is 4.92. The van der Waals surface area contributed by atoms with Crippen molar-refractivity contribution in [2.45, 2.75) is 37.6 Å². The SMILES string of the molecule is [2H]CC(=O)OC[C@H]1OC(Oc2ccc([N+](=O)[O-])cc2)[C@H](O)[C@@H](O)[C@H]1O. The lowest BCUT2D eigenvalue weighted by molar-refractivity contribution is -0.384. The number of esters is 1. The molecule has 0 saturated carbocycles. The highest BCUT2D eigenvalue weighted by Crippen LogP contribution is 2.25. The van der Waals surface area contributed by atoms with Crippen LogP contribution in [0.5, 0.6) is 5.75 Å². The number of nitrogens with zero attached hydrogens (tertiary/aromatic N) is 1. The number of aliphatic hydroxyl groups is 3. The summed E-state index contributed by atoms with van der Waals surface area (Å²) in [6.45, 7) is -1.06. The molecule has 10 heteroatoms. The predicted molar refractivity (Wildman–Crippen MR) is 77.0 cm³/mol. The standard InChI is InChI=1S/C14H17NO9/c1-7(16)22-6-10-11(17)12(18)13(19)14(24-10)23-9-4-2-8(3-5-9)15(20)21/h2-5,10-14,17-19H,6H2,1H3/t10-,11+,12+,13-,14?/m1/s1/i1D. The van der Waals surface area contributed by atoms with E-state index in [1.54, 1.807) is 0 Å². The highest BCUT2D eigenvalue weighted by molar-refractivity contribution is 5.65. The zero-order valence-electron chi connectivity index (χ0n) is 13.3. The van der Waals surface area contributed by atoms with Gasteiger partial charge in [-0.05, 0) is 12.1 Å². The molecule has 0 bridgehead atoms. The highest BCUT2D eigenvalue weighted by atomic mass is 16.7. The van der Waals surface area contributed by atoms with Crippen LogP contribution < -0.4 is 4.74 Å². The van der Waals surface area contributed by atoms with E-state index in [1.807, 2.05) is 0 Å². The van der Waals surface area contributed by atoms with Gasteiger partial charge in [0.1, 0.15) is 36.8 Å². The number of aliphatic hydroxyl groups excluding tert-OH is 3. The molecule has 1 unspecified atom stereocenters. The molecule has 10 nitrogen and oxygen atoms in total. The number of carbonyl (C=O) groups excluding carboxylic acids is 1. The van der Waals surface area contributed by atoms with E-state index in [0.717, 1.165) is 0 Å². The fourth-order valence-corrected chi connectivity index (χ4v) is 2.11. The monoisotopic (exact) mass is 344 g/mol. The van der Waals surface area contributed by atoms with E-state index < -0.39 is 55.1 Å². The van der Waals surface area contributed by atoms with Crippen LogP contribution in [0.2, 0.25) is 0 Å². The molecule has 2 rings (SSSR count). The van der Waals surface area contributed by atoms with E-state index in [2.05, 4.69) is 0 Å². The van der Waals surface area contributed by atoms with Gasteiger partial charge in [-0.3, -0.25) is 14.9 Å². The van der Waals surface area contributed by atoms with Crippen molar-refractivity contribution in [2.75, 3.05) is 6.61 Å². The van der Waals surface area contributed by atoms with Crippen LogP contribution in [0.15, 0.2) is 24.3 Å². The van der Waals surface area contributed by atoms with Gasteiger partial charge >= 0.3 is 5.97 Å². The van der Waals surface area contributed by atoms with Gasteiger partial charge < -0.3 is 29.5 Å². The molecule has 0 aliphatic carbocycles. The molecule has 1 heterocycles. The lowest BCUT2D eigenvalue weighted by Crippen LogP contribution is -2.60. The number of ether oxygens (including phenoxy) is 3. The Kier molecular flexibility index (Phi) is 5.20. The smallest absolute Gasteiger partial charge is 0.302 e. The molecule has 0 radical (unpaired) electrons. The highest BCUT2D eigenvalue weighted by Gasteiger charge is 2.45. The van der Waals surface area contributed by atoms with Gasteiger partial charge in [-0.25, -0.2) is 0 Å². The Morgan fingerprint density at radius 1 is 1.29 bits per heavy atom. The van der Waals surface area contributed by atoms with E-state index in [0.29, 0.717) is 0 Å². The van der Waals surface area contributed by atoms with E-state index in [4.69, 9.17) is 15.6 Å². The minimum absolute atomic E-state index is 0.125. The maximum Gasteiger partial charge on any atom is 0.302 e. The second kappa shape index (κ2) is 7.53. The summed E-state index contributed by atoms with van der Waals surface area (Å²) in [5, 5.41) is 40.3. The molecule has 5 atom stereocenters. The number of carbonyl (C=O) groups is 1. The number of hydrogen-bond acceptors (Lipinski definition) is 9. The maximum atomic E-state index is 11.0. The first kappa shape index (κ1) is 16.6. The van der Waals surface area contributed by atoms with Gasteiger partial charge in [-0.1, -0.05) is 0 Å². The van der Waals surface area contributed by atoms with Gasteiger partial charge in [0.15, 0.2) is 0 Å². The largest absolute Gasteiger partial charge is 0.463 e. The van der Waals surface area contributed by atoms with E-state index in [1.165, 1.54) is 24.3 Å². The normalized spacial score (nSPS) is 30.3. The Balaban J connectivity index is 2.05.